The number of fused-ring (bicyclic) bond motifs is 1. The third-order valence-electron chi connectivity index (χ3n) is 4.05. The van der Waals surface area contributed by atoms with Crippen LogP contribution in [0.15, 0.2) is 30.5 Å². The zero-order valence-electron chi connectivity index (χ0n) is 14.6. The van der Waals surface area contributed by atoms with Gasteiger partial charge in [0.25, 0.3) is 0 Å². The first-order valence-corrected chi connectivity index (χ1v) is 8.74. The van der Waals surface area contributed by atoms with E-state index < -0.39 is 5.97 Å². The van der Waals surface area contributed by atoms with Crippen molar-refractivity contribution in [3.63, 3.8) is 0 Å². The van der Waals surface area contributed by atoms with Crippen LogP contribution in [-0.2, 0) is 0 Å². The van der Waals surface area contributed by atoms with Crippen molar-refractivity contribution in [2.24, 2.45) is 0 Å². The first-order valence-electron chi connectivity index (χ1n) is 8.74. The largest absolute Gasteiger partial charge is 0.478 e. The van der Waals surface area contributed by atoms with E-state index in [2.05, 4.69) is 29.0 Å². The van der Waals surface area contributed by atoms with Gasteiger partial charge in [-0.25, -0.2) is 9.78 Å². The molecule has 2 aromatic rings. The van der Waals surface area contributed by atoms with Crippen molar-refractivity contribution in [2.75, 3.05) is 31.5 Å². The second-order valence-electron chi connectivity index (χ2n) is 5.99. The summed E-state index contributed by atoms with van der Waals surface area (Å²) >= 11 is 0. The smallest absolute Gasteiger partial charge is 0.337 e. The van der Waals surface area contributed by atoms with Crippen LogP contribution < -0.4 is 5.32 Å². The Morgan fingerprint density at radius 1 is 1.12 bits per heavy atom. The van der Waals surface area contributed by atoms with Gasteiger partial charge in [0.05, 0.1) is 5.56 Å². The summed E-state index contributed by atoms with van der Waals surface area (Å²) in [7, 11) is 0. The minimum absolute atomic E-state index is 0.244. The summed E-state index contributed by atoms with van der Waals surface area (Å²) in [5.74, 6) is -0.187. The Hall–Kier alpha value is -2.14. The van der Waals surface area contributed by atoms with Crippen LogP contribution >= 0.6 is 0 Å². The lowest BCUT2D eigenvalue weighted by Crippen LogP contribution is -2.27. The number of aromatic carboxylic acids is 1. The van der Waals surface area contributed by atoms with Crippen LogP contribution in [0.1, 0.15) is 43.5 Å². The molecule has 24 heavy (non-hydrogen) atoms. The summed E-state index contributed by atoms with van der Waals surface area (Å²) in [5.41, 5.74) is 0.244. The molecule has 0 aliphatic rings. The maximum absolute atomic E-state index is 11.3. The second kappa shape index (κ2) is 9.23. The first-order chi connectivity index (χ1) is 11.7. The molecule has 0 saturated carbocycles. The highest BCUT2D eigenvalue weighted by Gasteiger charge is 2.12. The Kier molecular flexibility index (Phi) is 7.00. The van der Waals surface area contributed by atoms with E-state index in [1.54, 1.807) is 0 Å². The topological polar surface area (TPSA) is 65.5 Å². The zero-order chi connectivity index (χ0) is 17.4. The number of nitrogens with zero attached hydrogens (tertiary/aromatic N) is 2. The molecule has 2 rings (SSSR count). The molecule has 0 saturated heterocycles. The van der Waals surface area contributed by atoms with E-state index in [0.29, 0.717) is 0 Å². The number of pyridine rings is 1. The first kappa shape index (κ1) is 18.2. The SMILES string of the molecule is CCCN(CCC)CCCNc1ncc(C(=O)O)c2ccccc12. The molecular formula is C19H27N3O2. The van der Waals surface area contributed by atoms with E-state index in [9.17, 15) is 9.90 Å². The van der Waals surface area contributed by atoms with E-state index in [-0.39, 0.29) is 5.56 Å². The van der Waals surface area contributed by atoms with Crippen molar-refractivity contribution in [3.05, 3.63) is 36.0 Å². The van der Waals surface area contributed by atoms with E-state index >= 15 is 0 Å². The summed E-state index contributed by atoms with van der Waals surface area (Å²) in [6.07, 6.45) is 4.83. The molecule has 0 fully saturated rings. The predicted octanol–water partition coefficient (Wildman–Crippen LogP) is 3.86. The monoisotopic (exact) mass is 329 g/mol. The average Bonchev–Trinajstić information content (AvgIpc) is 2.58. The van der Waals surface area contributed by atoms with Crippen molar-refractivity contribution >= 4 is 22.6 Å². The number of carboxylic acid groups (broad SMARTS) is 1. The molecule has 0 atom stereocenters. The Labute approximate surface area is 143 Å². The van der Waals surface area contributed by atoms with Crippen molar-refractivity contribution in [2.45, 2.75) is 33.1 Å². The normalized spacial score (nSPS) is 11.1. The fraction of sp³-hybridized carbons (Fsp3) is 0.474. The van der Waals surface area contributed by atoms with Gasteiger partial charge in [0.2, 0.25) is 0 Å². The Bertz CT molecular complexity index is 667. The molecule has 1 aromatic carbocycles. The van der Waals surface area contributed by atoms with Gasteiger partial charge in [-0.1, -0.05) is 38.1 Å². The number of aromatic nitrogens is 1. The summed E-state index contributed by atoms with van der Waals surface area (Å²) in [5, 5.41) is 14.2. The quantitative estimate of drug-likeness (QED) is 0.648. The Morgan fingerprint density at radius 3 is 2.42 bits per heavy atom. The molecule has 0 radical (unpaired) electrons. The average molecular weight is 329 g/mol. The lowest BCUT2D eigenvalue weighted by molar-refractivity contribution is 0.0698. The molecule has 130 valence electrons. The van der Waals surface area contributed by atoms with Crippen LogP contribution in [0.3, 0.4) is 0 Å². The molecule has 5 heteroatoms. The maximum Gasteiger partial charge on any atom is 0.337 e. The number of benzene rings is 1. The van der Waals surface area contributed by atoms with Gasteiger partial charge in [-0.15, -0.1) is 0 Å². The highest BCUT2D eigenvalue weighted by atomic mass is 16.4. The van der Waals surface area contributed by atoms with Gasteiger partial charge in [-0.3, -0.25) is 0 Å². The van der Waals surface area contributed by atoms with Crippen LogP contribution in [0, 0.1) is 0 Å². The second-order valence-corrected chi connectivity index (χ2v) is 5.99. The molecule has 5 nitrogen and oxygen atoms in total. The summed E-state index contributed by atoms with van der Waals surface area (Å²) < 4.78 is 0. The van der Waals surface area contributed by atoms with E-state index in [4.69, 9.17) is 0 Å². The van der Waals surface area contributed by atoms with E-state index in [1.165, 1.54) is 19.0 Å². The third-order valence-corrected chi connectivity index (χ3v) is 4.05. The van der Waals surface area contributed by atoms with E-state index in [0.717, 1.165) is 49.2 Å². The molecular weight excluding hydrogens is 302 g/mol. The highest BCUT2D eigenvalue weighted by Crippen LogP contribution is 2.24. The van der Waals surface area contributed by atoms with Crippen LogP contribution in [0.2, 0.25) is 0 Å². The number of carbonyl (C=O) groups is 1. The molecule has 1 aromatic heterocycles. The van der Waals surface area contributed by atoms with Gasteiger partial charge in [-0.05, 0) is 38.9 Å². The predicted molar refractivity (Wildman–Crippen MR) is 98.8 cm³/mol. The molecule has 0 unspecified atom stereocenters. The summed E-state index contributed by atoms with van der Waals surface area (Å²) in [6.45, 7) is 8.60. The minimum Gasteiger partial charge on any atom is -0.478 e. The number of anilines is 1. The molecule has 0 aliphatic carbocycles. The maximum atomic E-state index is 11.3. The molecule has 0 spiro atoms. The Morgan fingerprint density at radius 2 is 1.79 bits per heavy atom. The van der Waals surface area contributed by atoms with Crippen molar-refractivity contribution in [1.82, 2.24) is 9.88 Å². The molecule has 0 amide bonds. The van der Waals surface area contributed by atoms with Gasteiger partial charge in [0, 0.05) is 23.5 Å². The molecule has 2 N–H and O–H groups in total. The lowest BCUT2D eigenvalue weighted by atomic mass is 10.1. The fourth-order valence-corrected chi connectivity index (χ4v) is 2.98. The van der Waals surface area contributed by atoms with Gasteiger partial charge in [-0.2, -0.15) is 0 Å². The van der Waals surface area contributed by atoms with Crippen molar-refractivity contribution in [1.29, 1.82) is 0 Å². The van der Waals surface area contributed by atoms with Gasteiger partial charge in [0.15, 0.2) is 0 Å². The Balaban J connectivity index is 2.01. The van der Waals surface area contributed by atoms with Gasteiger partial charge in [0.1, 0.15) is 5.82 Å². The number of nitrogens with one attached hydrogen (secondary N) is 1. The molecule has 0 bridgehead atoms. The van der Waals surface area contributed by atoms with E-state index in [1.807, 2.05) is 24.3 Å². The highest BCUT2D eigenvalue weighted by molar-refractivity contribution is 6.06. The van der Waals surface area contributed by atoms with Gasteiger partial charge >= 0.3 is 5.97 Å². The van der Waals surface area contributed by atoms with Crippen molar-refractivity contribution < 1.29 is 9.90 Å². The van der Waals surface area contributed by atoms with Crippen molar-refractivity contribution in [3.8, 4) is 0 Å². The number of hydrogen-bond acceptors (Lipinski definition) is 4. The lowest BCUT2D eigenvalue weighted by Gasteiger charge is -2.21. The number of rotatable bonds is 10. The zero-order valence-corrected chi connectivity index (χ0v) is 14.6. The van der Waals surface area contributed by atoms with Crippen LogP contribution in [0.5, 0.6) is 0 Å². The minimum atomic E-state index is -0.944. The molecule has 0 aliphatic heterocycles. The number of carboxylic acids is 1. The molecule has 1 heterocycles. The summed E-state index contributed by atoms with van der Waals surface area (Å²) in [6, 6.07) is 7.50. The fourth-order valence-electron chi connectivity index (χ4n) is 2.98. The van der Waals surface area contributed by atoms with Crippen LogP contribution in [0.25, 0.3) is 10.8 Å². The van der Waals surface area contributed by atoms with Crippen LogP contribution in [-0.4, -0.2) is 47.1 Å². The van der Waals surface area contributed by atoms with Crippen LogP contribution in [0.4, 0.5) is 5.82 Å². The number of hydrogen-bond donors (Lipinski definition) is 2. The third kappa shape index (κ3) is 4.68. The van der Waals surface area contributed by atoms with Gasteiger partial charge < -0.3 is 15.3 Å². The summed E-state index contributed by atoms with van der Waals surface area (Å²) in [4.78, 5) is 18.1. The standard InChI is InChI=1S/C19H27N3O2/c1-3-11-22(12-4-2)13-7-10-20-18-16-9-6-5-8-15(16)17(14-21-18)19(23)24/h5-6,8-9,14H,3-4,7,10-13H2,1-2H3,(H,20,21)(H,23,24).